The Labute approximate surface area is 153 Å². The van der Waals surface area contributed by atoms with E-state index >= 15 is 0 Å². The number of H-pyrrole nitrogens is 1. The van der Waals surface area contributed by atoms with Gasteiger partial charge in [-0.25, -0.2) is 14.8 Å². The number of hydrogen-bond acceptors (Lipinski definition) is 7. The lowest BCUT2D eigenvalue weighted by Crippen LogP contribution is -2.13. The normalized spacial score (nSPS) is 11.0. The van der Waals surface area contributed by atoms with Gasteiger partial charge in [0.1, 0.15) is 16.2 Å². The average Bonchev–Trinajstić information content (AvgIpc) is 3.16. The van der Waals surface area contributed by atoms with Crippen molar-refractivity contribution in [2.24, 2.45) is 0 Å². The number of aromatic nitrogens is 3. The number of esters is 1. The van der Waals surface area contributed by atoms with Crippen LogP contribution >= 0.6 is 23.1 Å². The second kappa shape index (κ2) is 7.37. The van der Waals surface area contributed by atoms with E-state index in [1.54, 1.807) is 20.8 Å². The van der Waals surface area contributed by atoms with Crippen LogP contribution < -0.4 is 0 Å². The number of thioether (sulfide) groups is 1. The standard InChI is InChI=1S/C17H17N3O3S2/c1-4-23-17(22)14-10(3)20-9(2)13(14)12(21)7-25-16-11-5-6-24-15(11)18-8-19-16/h5-6,8,20H,4,7H2,1-3H3. The molecule has 25 heavy (non-hydrogen) atoms. The number of fused-ring (bicyclic) bond motifs is 1. The Balaban J connectivity index is 1.84. The Bertz CT molecular complexity index is 946. The third-order valence-electron chi connectivity index (χ3n) is 3.70. The highest BCUT2D eigenvalue weighted by Crippen LogP contribution is 2.29. The molecule has 0 radical (unpaired) electrons. The maximum Gasteiger partial charge on any atom is 0.340 e. The van der Waals surface area contributed by atoms with Gasteiger partial charge < -0.3 is 9.72 Å². The zero-order chi connectivity index (χ0) is 18.0. The van der Waals surface area contributed by atoms with Gasteiger partial charge >= 0.3 is 5.97 Å². The topological polar surface area (TPSA) is 84.9 Å². The summed E-state index contributed by atoms with van der Waals surface area (Å²) in [5, 5.41) is 3.66. The van der Waals surface area contributed by atoms with E-state index in [0.717, 1.165) is 15.2 Å². The van der Waals surface area contributed by atoms with Crippen molar-refractivity contribution in [2.75, 3.05) is 12.4 Å². The number of rotatable bonds is 6. The zero-order valence-electron chi connectivity index (χ0n) is 14.1. The molecule has 0 spiro atoms. The molecule has 0 fully saturated rings. The lowest BCUT2D eigenvalue weighted by atomic mass is 10.1. The number of thiophene rings is 1. The van der Waals surface area contributed by atoms with Crippen LogP contribution in [0.4, 0.5) is 0 Å². The Morgan fingerprint density at radius 2 is 2.00 bits per heavy atom. The summed E-state index contributed by atoms with van der Waals surface area (Å²) in [5.74, 6) is -0.413. The molecule has 0 bridgehead atoms. The maximum atomic E-state index is 12.8. The number of Topliss-reactive ketones (excluding diaryl/α,β-unsaturated/α-hetero) is 1. The Hall–Kier alpha value is -2.19. The van der Waals surface area contributed by atoms with Crippen LogP contribution in [0.1, 0.15) is 39.0 Å². The van der Waals surface area contributed by atoms with E-state index in [-0.39, 0.29) is 18.1 Å². The number of aryl methyl sites for hydroxylation is 2. The number of ketones is 1. The van der Waals surface area contributed by atoms with Crippen molar-refractivity contribution in [2.45, 2.75) is 25.8 Å². The molecule has 3 rings (SSSR count). The second-order valence-corrected chi connectivity index (χ2v) is 7.23. The molecule has 3 heterocycles. The van der Waals surface area contributed by atoms with Crippen LogP contribution in [0.2, 0.25) is 0 Å². The molecule has 8 heteroatoms. The molecule has 0 aliphatic heterocycles. The molecule has 0 aromatic carbocycles. The molecule has 0 aliphatic carbocycles. The Morgan fingerprint density at radius 3 is 2.76 bits per heavy atom. The number of carbonyl (C=O) groups excluding carboxylic acids is 2. The van der Waals surface area contributed by atoms with Crippen LogP contribution in [0, 0.1) is 13.8 Å². The summed E-state index contributed by atoms with van der Waals surface area (Å²) in [6.07, 6.45) is 1.50. The van der Waals surface area contributed by atoms with Crippen molar-refractivity contribution >= 4 is 45.1 Å². The first kappa shape index (κ1) is 17.6. The maximum absolute atomic E-state index is 12.8. The molecule has 0 saturated carbocycles. The van der Waals surface area contributed by atoms with Crippen LogP contribution in [0.3, 0.4) is 0 Å². The monoisotopic (exact) mass is 375 g/mol. The lowest BCUT2D eigenvalue weighted by Gasteiger charge is -2.06. The summed E-state index contributed by atoms with van der Waals surface area (Å²) in [7, 11) is 0. The molecular weight excluding hydrogens is 358 g/mol. The summed E-state index contributed by atoms with van der Waals surface area (Å²) in [6.45, 7) is 5.56. The molecule has 130 valence electrons. The fourth-order valence-electron chi connectivity index (χ4n) is 2.68. The van der Waals surface area contributed by atoms with E-state index in [9.17, 15) is 9.59 Å². The Kier molecular flexibility index (Phi) is 5.19. The van der Waals surface area contributed by atoms with E-state index in [2.05, 4.69) is 15.0 Å². The van der Waals surface area contributed by atoms with Crippen molar-refractivity contribution in [3.63, 3.8) is 0 Å². The molecule has 1 N–H and O–H groups in total. The highest BCUT2D eigenvalue weighted by molar-refractivity contribution is 8.00. The van der Waals surface area contributed by atoms with Crippen LogP contribution in [-0.2, 0) is 4.74 Å². The molecule has 0 unspecified atom stereocenters. The predicted molar refractivity (Wildman–Crippen MR) is 98.7 cm³/mol. The van der Waals surface area contributed by atoms with Crippen LogP contribution in [-0.4, -0.2) is 39.1 Å². The summed E-state index contributed by atoms with van der Waals surface area (Å²) in [6, 6.07) is 1.95. The molecule has 0 amide bonds. The summed E-state index contributed by atoms with van der Waals surface area (Å²) in [5.41, 5.74) is 2.05. The predicted octanol–water partition coefficient (Wildman–Crippen LogP) is 3.79. The smallest absolute Gasteiger partial charge is 0.340 e. The van der Waals surface area contributed by atoms with Gasteiger partial charge in [0.05, 0.1) is 23.5 Å². The van der Waals surface area contributed by atoms with Crippen LogP contribution in [0.5, 0.6) is 0 Å². The average molecular weight is 375 g/mol. The van der Waals surface area contributed by atoms with Crippen molar-refractivity contribution in [1.82, 2.24) is 15.0 Å². The summed E-state index contributed by atoms with van der Waals surface area (Å²) >= 11 is 2.88. The summed E-state index contributed by atoms with van der Waals surface area (Å²) < 4.78 is 5.09. The molecule has 3 aromatic heterocycles. The van der Waals surface area contributed by atoms with Gasteiger partial charge in [-0.2, -0.15) is 0 Å². The van der Waals surface area contributed by atoms with E-state index in [1.165, 1.54) is 29.4 Å². The van der Waals surface area contributed by atoms with Crippen molar-refractivity contribution in [3.05, 3.63) is 40.3 Å². The van der Waals surface area contributed by atoms with Gasteiger partial charge in [-0.05, 0) is 32.2 Å². The van der Waals surface area contributed by atoms with Gasteiger partial charge in [-0.15, -0.1) is 11.3 Å². The first-order valence-electron chi connectivity index (χ1n) is 7.73. The van der Waals surface area contributed by atoms with Gasteiger partial charge in [0.15, 0.2) is 5.78 Å². The first-order valence-corrected chi connectivity index (χ1v) is 9.60. The number of aromatic amines is 1. The molecule has 0 saturated heterocycles. The van der Waals surface area contributed by atoms with Crippen molar-refractivity contribution < 1.29 is 14.3 Å². The second-order valence-electron chi connectivity index (χ2n) is 5.38. The highest BCUT2D eigenvalue weighted by Gasteiger charge is 2.25. The van der Waals surface area contributed by atoms with Crippen LogP contribution in [0.15, 0.2) is 22.8 Å². The SMILES string of the molecule is CCOC(=O)c1c(C)[nH]c(C)c1C(=O)CSc1ncnc2sccc12. The molecule has 3 aromatic rings. The minimum atomic E-state index is -0.472. The van der Waals surface area contributed by atoms with Gasteiger partial charge in [-0.3, -0.25) is 4.79 Å². The fourth-order valence-corrected chi connectivity index (χ4v) is 4.33. The van der Waals surface area contributed by atoms with Gasteiger partial charge in [0, 0.05) is 16.8 Å². The number of ether oxygens (including phenoxy) is 1. The quantitative estimate of drug-likeness (QED) is 0.305. The third-order valence-corrected chi connectivity index (χ3v) is 5.52. The first-order chi connectivity index (χ1) is 12.0. The van der Waals surface area contributed by atoms with E-state index in [4.69, 9.17) is 4.74 Å². The molecular formula is C17H17N3O3S2. The number of nitrogens with one attached hydrogen (secondary N) is 1. The summed E-state index contributed by atoms with van der Waals surface area (Å²) in [4.78, 5) is 37.4. The Morgan fingerprint density at radius 1 is 1.24 bits per heavy atom. The number of hydrogen-bond donors (Lipinski definition) is 1. The largest absolute Gasteiger partial charge is 0.462 e. The van der Waals surface area contributed by atoms with Crippen molar-refractivity contribution in [1.29, 1.82) is 0 Å². The van der Waals surface area contributed by atoms with E-state index in [0.29, 0.717) is 22.5 Å². The third kappa shape index (κ3) is 3.45. The minimum absolute atomic E-state index is 0.128. The van der Waals surface area contributed by atoms with E-state index < -0.39 is 5.97 Å². The minimum Gasteiger partial charge on any atom is -0.462 e. The fraction of sp³-hybridized carbons (Fsp3) is 0.294. The van der Waals surface area contributed by atoms with Crippen LogP contribution in [0.25, 0.3) is 10.2 Å². The zero-order valence-corrected chi connectivity index (χ0v) is 15.7. The number of nitrogens with zero attached hydrogens (tertiary/aromatic N) is 2. The van der Waals surface area contributed by atoms with Gasteiger partial charge in [0.25, 0.3) is 0 Å². The molecule has 0 atom stereocenters. The van der Waals surface area contributed by atoms with E-state index in [1.807, 2.05) is 11.4 Å². The van der Waals surface area contributed by atoms with Gasteiger partial charge in [0.2, 0.25) is 0 Å². The van der Waals surface area contributed by atoms with Gasteiger partial charge in [-0.1, -0.05) is 11.8 Å². The van der Waals surface area contributed by atoms with Crippen molar-refractivity contribution in [3.8, 4) is 0 Å². The molecule has 6 nitrogen and oxygen atoms in total. The number of carbonyl (C=O) groups is 2. The lowest BCUT2D eigenvalue weighted by molar-refractivity contribution is 0.0522. The highest BCUT2D eigenvalue weighted by atomic mass is 32.2. The molecule has 0 aliphatic rings.